The van der Waals surface area contributed by atoms with Crippen molar-refractivity contribution < 1.29 is 13.6 Å². The summed E-state index contributed by atoms with van der Waals surface area (Å²) in [5.41, 5.74) is 1.74. The van der Waals surface area contributed by atoms with Crippen LogP contribution < -0.4 is 5.32 Å². The van der Waals surface area contributed by atoms with Crippen LogP contribution in [-0.4, -0.2) is 26.5 Å². The van der Waals surface area contributed by atoms with E-state index in [4.69, 9.17) is 0 Å². The van der Waals surface area contributed by atoms with Gasteiger partial charge in [0.25, 0.3) is 0 Å². The summed E-state index contributed by atoms with van der Waals surface area (Å²) in [6.45, 7) is 0. The molecule has 1 amide bonds. The van der Waals surface area contributed by atoms with E-state index in [1.807, 2.05) is 18.2 Å². The van der Waals surface area contributed by atoms with Gasteiger partial charge in [0.1, 0.15) is 0 Å². The number of aromatic nitrogens is 4. The number of aromatic amines is 1. The summed E-state index contributed by atoms with van der Waals surface area (Å²) in [6.07, 6.45) is 0.915. The fourth-order valence-electron chi connectivity index (χ4n) is 3.08. The van der Waals surface area contributed by atoms with Gasteiger partial charge in [0.2, 0.25) is 5.91 Å². The Morgan fingerprint density at radius 1 is 1.19 bits per heavy atom. The number of hydrogen-bond acceptors (Lipinski definition) is 4. The Morgan fingerprint density at radius 2 is 2.04 bits per heavy atom. The highest BCUT2D eigenvalue weighted by atomic mass is 19.2. The highest BCUT2D eigenvalue weighted by Crippen LogP contribution is 2.49. The van der Waals surface area contributed by atoms with Crippen molar-refractivity contribution in [3.8, 4) is 0 Å². The molecule has 0 aliphatic heterocycles. The van der Waals surface area contributed by atoms with Gasteiger partial charge in [-0.15, -0.1) is 10.2 Å². The van der Waals surface area contributed by atoms with Crippen molar-refractivity contribution in [2.75, 3.05) is 5.32 Å². The van der Waals surface area contributed by atoms with Crippen molar-refractivity contribution in [3.05, 3.63) is 71.1 Å². The van der Waals surface area contributed by atoms with Crippen LogP contribution in [0.15, 0.2) is 42.5 Å². The van der Waals surface area contributed by atoms with Crippen molar-refractivity contribution in [2.24, 2.45) is 5.92 Å². The average molecular weight is 355 g/mol. The quantitative estimate of drug-likeness (QED) is 0.737. The summed E-state index contributed by atoms with van der Waals surface area (Å²) in [5.74, 6) is -2.12. The van der Waals surface area contributed by atoms with E-state index < -0.39 is 11.6 Å². The fourth-order valence-corrected chi connectivity index (χ4v) is 3.08. The lowest BCUT2D eigenvalue weighted by Crippen LogP contribution is -2.16. The summed E-state index contributed by atoms with van der Waals surface area (Å²) >= 11 is 0. The number of halogens is 2. The molecule has 0 unspecified atom stereocenters. The predicted octanol–water partition coefficient (Wildman–Crippen LogP) is 2.81. The molecule has 132 valence electrons. The lowest BCUT2D eigenvalue weighted by molar-refractivity contribution is -0.117. The minimum Gasteiger partial charge on any atom is -0.326 e. The first kappa shape index (κ1) is 16.3. The molecule has 0 saturated heterocycles. The Morgan fingerprint density at radius 3 is 2.85 bits per heavy atom. The highest BCUT2D eigenvalue weighted by Gasteiger charge is 2.45. The van der Waals surface area contributed by atoms with Gasteiger partial charge in [-0.25, -0.2) is 8.78 Å². The summed E-state index contributed by atoms with van der Waals surface area (Å²) in [6, 6.07) is 11.4. The minimum atomic E-state index is -0.890. The first-order valence-corrected chi connectivity index (χ1v) is 8.18. The average Bonchev–Trinajstić information content (AvgIpc) is 3.27. The number of carbonyl (C=O) groups excluding carboxylic acids is 1. The van der Waals surface area contributed by atoms with Crippen LogP contribution in [0.3, 0.4) is 0 Å². The van der Waals surface area contributed by atoms with Crippen molar-refractivity contribution in [2.45, 2.75) is 18.8 Å². The van der Waals surface area contributed by atoms with Crippen LogP contribution in [-0.2, 0) is 11.2 Å². The number of rotatable bonds is 5. The molecule has 1 fully saturated rings. The summed E-state index contributed by atoms with van der Waals surface area (Å²) in [5, 5.41) is 16.6. The van der Waals surface area contributed by atoms with Crippen molar-refractivity contribution in [3.63, 3.8) is 0 Å². The van der Waals surface area contributed by atoms with E-state index in [1.54, 1.807) is 6.07 Å². The number of anilines is 1. The lowest BCUT2D eigenvalue weighted by Gasteiger charge is -2.10. The molecule has 1 aliphatic carbocycles. The molecule has 4 rings (SSSR count). The fraction of sp³-hybridized carbons (Fsp3) is 0.222. The van der Waals surface area contributed by atoms with E-state index in [-0.39, 0.29) is 23.3 Å². The molecule has 2 N–H and O–H groups in total. The second kappa shape index (κ2) is 6.62. The number of nitrogens with zero attached hydrogens (tertiary/aromatic N) is 3. The maximum absolute atomic E-state index is 13.9. The second-order valence-electron chi connectivity index (χ2n) is 6.24. The van der Waals surface area contributed by atoms with Gasteiger partial charge in [0.15, 0.2) is 17.5 Å². The van der Waals surface area contributed by atoms with Crippen LogP contribution in [0.4, 0.5) is 14.5 Å². The minimum absolute atomic E-state index is 0.209. The van der Waals surface area contributed by atoms with Crippen molar-refractivity contribution in [1.29, 1.82) is 0 Å². The third-order valence-corrected chi connectivity index (χ3v) is 4.52. The molecule has 0 spiro atoms. The van der Waals surface area contributed by atoms with Crippen molar-refractivity contribution in [1.82, 2.24) is 20.6 Å². The SMILES string of the molecule is O=C(Nc1ccccc1Cc1nn[nH]n1)[C@@H]1C[C@H]1c1cccc(F)c1F. The van der Waals surface area contributed by atoms with E-state index >= 15 is 0 Å². The van der Waals surface area contributed by atoms with Gasteiger partial charge in [0, 0.05) is 18.0 Å². The van der Waals surface area contributed by atoms with Crippen LogP contribution in [0.25, 0.3) is 0 Å². The van der Waals surface area contributed by atoms with Crippen molar-refractivity contribution >= 4 is 11.6 Å². The molecule has 26 heavy (non-hydrogen) atoms. The first-order chi connectivity index (χ1) is 12.6. The normalized spacial score (nSPS) is 18.5. The van der Waals surface area contributed by atoms with Gasteiger partial charge in [-0.1, -0.05) is 35.5 Å². The van der Waals surface area contributed by atoms with Gasteiger partial charge in [-0.3, -0.25) is 4.79 Å². The molecule has 1 heterocycles. The maximum Gasteiger partial charge on any atom is 0.228 e. The number of para-hydroxylation sites is 1. The van der Waals surface area contributed by atoms with Gasteiger partial charge in [0.05, 0.1) is 0 Å². The van der Waals surface area contributed by atoms with Crippen LogP contribution in [0.1, 0.15) is 29.3 Å². The van der Waals surface area contributed by atoms with E-state index in [2.05, 4.69) is 25.9 Å². The molecule has 1 aliphatic rings. The summed E-state index contributed by atoms with van der Waals surface area (Å²) in [7, 11) is 0. The Hall–Kier alpha value is -3.16. The zero-order chi connectivity index (χ0) is 18.1. The third-order valence-electron chi connectivity index (χ3n) is 4.52. The Balaban J connectivity index is 1.47. The number of benzene rings is 2. The Labute approximate surface area is 147 Å². The second-order valence-corrected chi connectivity index (χ2v) is 6.24. The lowest BCUT2D eigenvalue weighted by atomic mass is 10.1. The predicted molar refractivity (Wildman–Crippen MR) is 89.3 cm³/mol. The number of nitrogens with one attached hydrogen (secondary N) is 2. The molecular weight excluding hydrogens is 340 g/mol. The first-order valence-electron chi connectivity index (χ1n) is 8.18. The molecule has 1 saturated carbocycles. The van der Waals surface area contributed by atoms with Crippen LogP contribution in [0.2, 0.25) is 0 Å². The highest BCUT2D eigenvalue weighted by molar-refractivity contribution is 5.95. The number of hydrogen-bond donors (Lipinski definition) is 2. The van der Waals surface area contributed by atoms with Gasteiger partial charge >= 0.3 is 0 Å². The zero-order valence-electron chi connectivity index (χ0n) is 13.6. The maximum atomic E-state index is 13.9. The molecule has 8 heteroatoms. The topological polar surface area (TPSA) is 83.6 Å². The smallest absolute Gasteiger partial charge is 0.228 e. The monoisotopic (exact) mass is 355 g/mol. The van der Waals surface area contributed by atoms with E-state index in [1.165, 1.54) is 12.1 Å². The third kappa shape index (κ3) is 3.17. The molecule has 1 aromatic heterocycles. The van der Waals surface area contributed by atoms with Gasteiger partial charge in [-0.05, 0) is 35.6 Å². The van der Waals surface area contributed by atoms with E-state index in [9.17, 15) is 13.6 Å². The number of carbonyl (C=O) groups is 1. The van der Waals surface area contributed by atoms with E-state index in [0.717, 1.165) is 11.6 Å². The molecule has 2 atom stereocenters. The van der Waals surface area contributed by atoms with Crippen LogP contribution in [0.5, 0.6) is 0 Å². The molecular formula is C18H15F2N5O. The molecule has 0 bridgehead atoms. The summed E-state index contributed by atoms with van der Waals surface area (Å²) in [4.78, 5) is 12.5. The number of H-pyrrole nitrogens is 1. The molecule has 6 nitrogen and oxygen atoms in total. The van der Waals surface area contributed by atoms with Gasteiger partial charge in [-0.2, -0.15) is 5.21 Å². The summed E-state index contributed by atoms with van der Waals surface area (Å²) < 4.78 is 27.3. The van der Waals surface area contributed by atoms with Gasteiger partial charge < -0.3 is 5.32 Å². The molecule has 2 aromatic carbocycles. The number of amides is 1. The van der Waals surface area contributed by atoms with Crippen LogP contribution in [0, 0.1) is 17.6 Å². The largest absolute Gasteiger partial charge is 0.326 e. The standard InChI is InChI=1S/C18H15F2N5O/c19-14-6-3-5-11(17(14)20)12-9-13(12)18(26)21-15-7-2-1-4-10(15)8-16-22-24-25-23-16/h1-7,12-13H,8-9H2,(H,21,26)(H,22,23,24,25)/t12-,13+/m0/s1. The van der Waals surface area contributed by atoms with E-state index in [0.29, 0.717) is 24.4 Å². The molecule has 0 radical (unpaired) electrons. The van der Waals surface area contributed by atoms with Crippen LogP contribution >= 0.6 is 0 Å². The Bertz CT molecular complexity index is 945. The zero-order valence-corrected chi connectivity index (χ0v) is 13.6. The number of tetrazole rings is 1. The molecule has 3 aromatic rings. The Kier molecular flexibility index (Phi) is 4.16.